The summed E-state index contributed by atoms with van der Waals surface area (Å²) in [5.74, 6) is -1.65. The standard InChI is InChI=1S/C14H14N2O5S/c1-15(7-12(18)19)13(20)10-4-2-3-9(5-10)6-16-11(17)8-22-14(16)21/h2-5H,6-8H2,1H3,(H,18,19). The Labute approximate surface area is 130 Å². The molecule has 0 bridgehead atoms. The van der Waals surface area contributed by atoms with Gasteiger partial charge in [-0.15, -0.1) is 0 Å². The highest BCUT2D eigenvalue weighted by Gasteiger charge is 2.29. The van der Waals surface area contributed by atoms with E-state index in [1.54, 1.807) is 24.3 Å². The fraction of sp³-hybridized carbons (Fsp3) is 0.286. The molecule has 1 aromatic rings. The molecule has 1 N–H and O–H groups in total. The third-order valence-corrected chi connectivity index (χ3v) is 3.93. The summed E-state index contributed by atoms with van der Waals surface area (Å²) in [6.07, 6.45) is 0. The summed E-state index contributed by atoms with van der Waals surface area (Å²) in [5.41, 5.74) is 0.951. The Bertz CT molecular complexity index is 630. The molecular formula is C14H14N2O5S. The summed E-state index contributed by atoms with van der Waals surface area (Å²) >= 11 is 0.952. The molecule has 1 saturated heterocycles. The number of aliphatic carboxylic acids is 1. The van der Waals surface area contributed by atoms with Crippen LogP contribution in [-0.4, -0.2) is 57.3 Å². The van der Waals surface area contributed by atoms with E-state index >= 15 is 0 Å². The number of likely N-dealkylation sites (N-methyl/N-ethyl adjacent to an activating group) is 1. The predicted molar refractivity (Wildman–Crippen MR) is 79.4 cm³/mol. The molecule has 1 heterocycles. The highest BCUT2D eigenvalue weighted by molar-refractivity contribution is 8.14. The topological polar surface area (TPSA) is 95.0 Å². The van der Waals surface area contributed by atoms with Gasteiger partial charge in [-0.05, 0) is 17.7 Å². The van der Waals surface area contributed by atoms with E-state index in [4.69, 9.17) is 5.11 Å². The summed E-state index contributed by atoms with van der Waals surface area (Å²) in [6, 6.07) is 6.46. The minimum atomic E-state index is -1.10. The molecule has 22 heavy (non-hydrogen) atoms. The van der Waals surface area contributed by atoms with Crippen LogP contribution < -0.4 is 0 Å². The molecule has 7 nitrogen and oxygen atoms in total. The van der Waals surface area contributed by atoms with Gasteiger partial charge in [0.05, 0.1) is 12.3 Å². The van der Waals surface area contributed by atoms with Crippen molar-refractivity contribution < 1.29 is 24.3 Å². The molecule has 0 saturated carbocycles. The van der Waals surface area contributed by atoms with Gasteiger partial charge in [0.2, 0.25) is 5.91 Å². The summed E-state index contributed by atoms with van der Waals surface area (Å²) in [7, 11) is 1.40. The van der Waals surface area contributed by atoms with Crippen LogP contribution >= 0.6 is 11.8 Å². The normalized spacial score (nSPS) is 14.3. The average Bonchev–Trinajstić information content (AvgIpc) is 2.78. The van der Waals surface area contributed by atoms with E-state index in [0.717, 1.165) is 21.6 Å². The summed E-state index contributed by atoms with van der Waals surface area (Å²) in [5, 5.41) is 8.40. The van der Waals surface area contributed by atoms with Crippen LogP contribution in [0, 0.1) is 0 Å². The minimum Gasteiger partial charge on any atom is -0.480 e. The van der Waals surface area contributed by atoms with Crippen molar-refractivity contribution >= 4 is 34.8 Å². The molecule has 8 heteroatoms. The van der Waals surface area contributed by atoms with Crippen molar-refractivity contribution in [3.8, 4) is 0 Å². The molecule has 1 aromatic carbocycles. The van der Waals surface area contributed by atoms with Gasteiger partial charge in [0.25, 0.3) is 11.1 Å². The van der Waals surface area contributed by atoms with Gasteiger partial charge in [-0.2, -0.15) is 0 Å². The van der Waals surface area contributed by atoms with Crippen molar-refractivity contribution in [1.82, 2.24) is 9.80 Å². The van der Waals surface area contributed by atoms with Crippen molar-refractivity contribution in [3.63, 3.8) is 0 Å². The van der Waals surface area contributed by atoms with Crippen molar-refractivity contribution in [3.05, 3.63) is 35.4 Å². The Hall–Kier alpha value is -2.35. The molecule has 116 valence electrons. The molecular weight excluding hydrogens is 308 g/mol. The maximum absolute atomic E-state index is 12.1. The fourth-order valence-electron chi connectivity index (χ4n) is 2.01. The van der Waals surface area contributed by atoms with Gasteiger partial charge in [0, 0.05) is 12.6 Å². The van der Waals surface area contributed by atoms with Crippen molar-refractivity contribution in [2.45, 2.75) is 6.54 Å². The van der Waals surface area contributed by atoms with E-state index in [2.05, 4.69) is 0 Å². The Morgan fingerprint density at radius 2 is 2.09 bits per heavy atom. The molecule has 0 unspecified atom stereocenters. The molecule has 0 spiro atoms. The van der Waals surface area contributed by atoms with Crippen LogP contribution in [0.1, 0.15) is 15.9 Å². The van der Waals surface area contributed by atoms with Crippen LogP contribution in [0.3, 0.4) is 0 Å². The average molecular weight is 322 g/mol. The quantitative estimate of drug-likeness (QED) is 0.870. The molecule has 2 rings (SSSR count). The van der Waals surface area contributed by atoms with E-state index in [9.17, 15) is 19.2 Å². The Balaban J connectivity index is 2.13. The molecule has 0 aliphatic carbocycles. The fourth-order valence-corrected chi connectivity index (χ4v) is 2.74. The number of amides is 3. The zero-order valence-electron chi connectivity index (χ0n) is 11.8. The number of carboxylic acids is 1. The lowest BCUT2D eigenvalue weighted by atomic mass is 10.1. The largest absolute Gasteiger partial charge is 0.480 e. The highest BCUT2D eigenvalue weighted by atomic mass is 32.2. The second-order valence-corrected chi connectivity index (χ2v) is 5.72. The number of hydrogen-bond donors (Lipinski definition) is 1. The van der Waals surface area contributed by atoms with Gasteiger partial charge < -0.3 is 10.0 Å². The third kappa shape index (κ3) is 3.64. The number of carbonyl (C=O) groups excluding carboxylic acids is 3. The summed E-state index contributed by atoms with van der Waals surface area (Å²) < 4.78 is 0. The van der Waals surface area contributed by atoms with Crippen LogP contribution in [0.25, 0.3) is 0 Å². The highest BCUT2D eigenvalue weighted by Crippen LogP contribution is 2.21. The number of carboxylic acid groups (broad SMARTS) is 1. The number of nitrogens with zero attached hydrogens (tertiary/aromatic N) is 2. The molecule has 0 radical (unpaired) electrons. The first-order valence-corrected chi connectivity index (χ1v) is 7.40. The van der Waals surface area contributed by atoms with Crippen LogP contribution in [0.4, 0.5) is 4.79 Å². The van der Waals surface area contributed by atoms with Gasteiger partial charge >= 0.3 is 5.97 Å². The maximum Gasteiger partial charge on any atom is 0.323 e. The molecule has 1 fully saturated rings. The van der Waals surface area contributed by atoms with E-state index < -0.39 is 18.4 Å². The van der Waals surface area contributed by atoms with E-state index in [-0.39, 0.29) is 23.4 Å². The lowest BCUT2D eigenvalue weighted by molar-refractivity contribution is -0.137. The van der Waals surface area contributed by atoms with Gasteiger partial charge in [-0.25, -0.2) is 0 Å². The number of carbonyl (C=O) groups is 4. The second kappa shape index (κ2) is 6.61. The van der Waals surface area contributed by atoms with Crippen molar-refractivity contribution in [2.24, 2.45) is 0 Å². The molecule has 1 aliphatic heterocycles. The SMILES string of the molecule is CN(CC(=O)O)C(=O)c1cccc(CN2C(=O)CSC2=O)c1. The van der Waals surface area contributed by atoms with Crippen LogP contribution in [0.2, 0.25) is 0 Å². The lowest BCUT2D eigenvalue weighted by Gasteiger charge is -2.16. The smallest absolute Gasteiger partial charge is 0.323 e. The number of hydrogen-bond acceptors (Lipinski definition) is 5. The van der Waals surface area contributed by atoms with Crippen molar-refractivity contribution in [2.75, 3.05) is 19.3 Å². The third-order valence-electron chi connectivity index (χ3n) is 3.07. The first-order chi connectivity index (χ1) is 10.4. The van der Waals surface area contributed by atoms with Crippen LogP contribution in [0.15, 0.2) is 24.3 Å². The first-order valence-electron chi connectivity index (χ1n) is 6.42. The van der Waals surface area contributed by atoms with Gasteiger partial charge in [0.1, 0.15) is 6.54 Å². The molecule has 1 aliphatic rings. The summed E-state index contributed by atoms with van der Waals surface area (Å²) in [4.78, 5) is 48.1. The van der Waals surface area contributed by atoms with Gasteiger partial charge in [0.15, 0.2) is 0 Å². The second-order valence-electron chi connectivity index (χ2n) is 4.79. The number of benzene rings is 1. The molecule has 3 amide bonds. The summed E-state index contributed by atoms with van der Waals surface area (Å²) in [6.45, 7) is -0.294. The molecule has 0 atom stereocenters. The van der Waals surface area contributed by atoms with Gasteiger partial charge in [-0.1, -0.05) is 23.9 Å². The monoisotopic (exact) mass is 322 g/mol. The zero-order chi connectivity index (χ0) is 16.3. The van der Waals surface area contributed by atoms with E-state index in [1.807, 2.05) is 0 Å². The van der Waals surface area contributed by atoms with Crippen LogP contribution in [-0.2, 0) is 16.1 Å². The van der Waals surface area contributed by atoms with Gasteiger partial charge in [-0.3, -0.25) is 24.1 Å². The first kappa shape index (κ1) is 16.0. The Morgan fingerprint density at radius 1 is 1.36 bits per heavy atom. The number of rotatable bonds is 5. The van der Waals surface area contributed by atoms with Crippen LogP contribution in [0.5, 0.6) is 0 Å². The number of thioether (sulfide) groups is 1. The molecule has 0 aromatic heterocycles. The maximum atomic E-state index is 12.1. The number of imide groups is 1. The van der Waals surface area contributed by atoms with E-state index in [1.165, 1.54) is 7.05 Å². The lowest BCUT2D eigenvalue weighted by Crippen LogP contribution is -2.32. The van der Waals surface area contributed by atoms with Crippen molar-refractivity contribution in [1.29, 1.82) is 0 Å². The zero-order valence-corrected chi connectivity index (χ0v) is 12.6. The Morgan fingerprint density at radius 3 is 2.68 bits per heavy atom. The van der Waals surface area contributed by atoms with E-state index in [0.29, 0.717) is 11.1 Å². The predicted octanol–water partition coefficient (Wildman–Crippen LogP) is 1.04. The minimum absolute atomic E-state index is 0.106. The Kier molecular flexibility index (Phi) is 4.81.